The number of halogens is 1. The highest BCUT2D eigenvalue weighted by Crippen LogP contribution is 2.28. The van der Waals surface area contributed by atoms with Crippen LogP contribution >= 0.6 is 22.9 Å². The number of nitrogens with one attached hydrogen (secondary N) is 1. The molecule has 0 saturated carbocycles. The molecule has 0 aliphatic carbocycles. The predicted octanol–water partition coefficient (Wildman–Crippen LogP) is 6.02. The number of anilines is 1. The van der Waals surface area contributed by atoms with Crippen LogP contribution in [0.15, 0.2) is 105 Å². The van der Waals surface area contributed by atoms with Crippen molar-refractivity contribution in [2.24, 2.45) is 0 Å². The van der Waals surface area contributed by atoms with E-state index >= 15 is 0 Å². The van der Waals surface area contributed by atoms with Crippen LogP contribution in [0, 0.1) is 0 Å². The predicted molar refractivity (Wildman–Crippen MR) is 148 cm³/mol. The van der Waals surface area contributed by atoms with E-state index in [0.29, 0.717) is 39.3 Å². The summed E-state index contributed by atoms with van der Waals surface area (Å²) in [7, 11) is 0. The van der Waals surface area contributed by atoms with Crippen LogP contribution in [0.2, 0.25) is 4.34 Å². The number of aromatic nitrogens is 4. The monoisotopic (exact) mass is 557 g/mol. The van der Waals surface area contributed by atoms with Crippen molar-refractivity contribution in [2.45, 2.75) is 13.1 Å². The molecular weight excluding hydrogens is 538 g/mol. The molecule has 0 fully saturated rings. The third-order valence-electron chi connectivity index (χ3n) is 5.98. The Kier molecular flexibility index (Phi) is 6.70. The average molecular weight is 558 g/mol. The molecule has 5 heterocycles. The van der Waals surface area contributed by atoms with Crippen LogP contribution in [-0.2, 0) is 13.1 Å². The number of rotatable bonds is 8. The molecule has 9 nitrogen and oxygen atoms in total. The van der Waals surface area contributed by atoms with Gasteiger partial charge in [-0.3, -0.25) is 9.59 Å². The Morgan fingerprint density at radius 3 is 2.62 bits per heavy atom. The van der Waals surface area contributed by atoms with Gasteiger partial charge in [0.1, 0.15) is 11.6 Å². The molecule has 0 aliphatic heterocycles. The first-order chi connectivity index (χ1) is 19.0. The van der Waals surface area contributed by atoms with Crippen LogP contribution in [0.1, 0.15) is 21.2 Å². The molecule has 11 heteroatoms. The van der Waals surface area contributed by atoms with Gasteiger partial charge in [-0.05, 0) is 35.9 Å². The number of carbonyl (C=O) groups excluding carboxylic acids is 1. The maximum absolute atomic E-state index is 13.5. The van der Waals surface area contributed by atoms with Gasteiger partial charge in [0.25, 0.3) is 5.56 Å². The van der Waals surface area contributed by atoms with Gasteiger partial charge >= 0.3 is 5.91 Å². The summed E-state index contributed by atoms with van der Waals surface area (Å²) >= 11 is 7.53. The van der Waals surface area contributed by atoms with Crippen molar-refractivity contribution in [3.8, 4) is 22.4 Å². The van der Waals surface area contributed by atoms with Gasteiger partial charge < -0.3 is 18.7 Å². The summed E-state index contributed by atoms with van der Waals surface area (Å²) in [5, 5.41) is 7.91. The van der Waals surface area contributed by atoms with Gasteiger partial charge in [0.15, 0.2) is 12.2 Å². The topological polar surface area (TPSA) is 108 Å². The number of nitrogens with zero attached hydrogens (tertiary/aromatic N) is 4. The lowest BCUT2D eigenvalue weighted by Crippen LogP contribution is -2.22. The largest absolute Gasteiger partial charge is 0.459 e. The summed E-state index contributed by atoms with van der Waals surface area (Å²) in [6, 6.07) is 19.9. The molecule has 0 bridgehead atoms. The zero-order valence-corrected chi connectivity index (χ0v) is 21.9. The van der Waals surface area contributed by atoms with E-state index in [1.807, 2.05) is 42.5 Å². The molecule has 0 unspecified atom stereocenters. The first-order valence-corrected chi connectivity index (χ1v) is 13.1. The van der Waals surface area contributed by atoms with Crippen molar-refractivity contribution < 1.29 is 13.6 Å². The quantitative estimate of drug-likeness (QED) is 0.243. The molecule has 0 aliphatic rings. The normalized spacial score (nSPS) is 11.1. The van der Waals surface area contributed by atoms with E-state index in [4.69, 9.17) is 20.4 Å². The molecule has 6 aromatic rings. The first-order valence-electron chi connectivity index (χ1n) is 11.9. The summed E-state index contributed by atoms with van der Waals surface area (Å²) in [6.45, 7) is 0.622. The van der Waals surface area contributed by atoms with E-state index in [0.717, 1.165) is 10.4 Å². The van der Waals surface area contributed by atoms with Crippen LogP contribution < -0.4 is 10.9 Å². The third kappa shape index (κ3) is 5.20. The van der Waals surface area contributed by atoms with Gasteiger partial charge in [0.05, 0.1) is 35.6 Å². The van der Waals surface area contributed by atoms with E-state index in [1.165, 1.54) is 28.7 Å². The molecule has 0 radical (unpaired) electrons. The maximum Gasteiger partial charge on any atom is 0.315 e. The maximum atomic E-state index is 13.5. The van der Waals surface area contributed by atoms with Gasteiger partial charge in [-0.15, -0.1) is 11.3 Å². The van der Waals surface area contributed by atoms with Crippen molar-refractivity contribution in [1.29, 1.82) is 0 Å². The molecule has 5 aromatic heterocycles. The van der Waals surface area contributed by atoms with E-state index in [9.17, 15) is 9.59 Å². The van der Waals surface area contributed by atoms with Gasteiger partial charge in [0.2, 0.25) is 0 Å². The molecule has 1 N–H and O–H groups in total. The molecule has 0 atom stereocenters. The highest BCUT2D eigenvalue weighted by Gasteiger charge is 2.21. The number of carbonyl (C=O) groups is 1. The lowest BCUT2D eigenvalue weighted by molar-refractivity contribution is 0.0920. The van der Waals surface area contributed by atoms with Crippen LogP contribution in [0.5, 0.6) is 0 Å². The van der Waals surface area contributed by atoms with Gasteiger partial charge in [-0.2, -0.15) is 9.78 Å². The van der Waals surface area contributed by atoms with Gasteiger partial charge in [-0.25, -0.2) is 4.98 Å². The first kappa shape index (κ1) is 24.7. The Balaban J connectivity index is 1.45. The second-order valence-corrected chi connectivity index (χ2v) is 10.4. The number of thiophene rings is 1. The van der Waals surface area contributed by atoms with E-state index in [2.05, 4.69) is 15.4 Å². The van der Waals surface area contributed by atoms with Crippen LogP contribution in [-0.4, -0.2) is 25.2 Å². The highest BCUT2D eigenvalue weighted by molar-refractivity contribution is 7.16. The van der Waals surface area contributed by atoms with Gasteiger partial charge in [0, 0.05) is 28.3 Å². The molecule has 0 spiro atoms. The Hall–Kier alpha value is -4.67. The SMILES string of the molecule is O=C(c1ccco1)n1nc(-c2cc(-c3ccccc3)c(=O)n(Cc3cnco3)c2)cc1NCc1ccc(Cl)s1. The Labute approximate surface area is 230 Å². The second kappa shape index (κ2) is 10.6. The molecule has 39 heavy (non-hydrogen) atoms. The Morgan fingerprint density at radius 1 is 1.03 bits per heavy atom. The number of oxazole rings is 1. The van der Waals surface area contributed by atoms with E-state index in [-0.39, 0.29) is 17.9 Å². The second-order valence-electron chi connectivity index (χ2n) is 8.58. The summed E-state index contributed by atoms with van der Waals surface area (Å²) in [5.41, 5.74) is 2.18. The van der Waals surface area contributed by atoms with Crippen molar-refractivity contribution in [3.63, 3.8) is 0 Å². The molecule has 0 amide bonds. The van der Waals surface area contributed by atoms with Crippen LogP contribution in [0.4, 0.5) is 5.82 Å². The highest BCUT2D eigenvalue weighted by atomic mass is 35.5. The smallest absolute Gasteiger partial charge is 0.315 e. The fraction of sp³-hybridized carbons (Fsp3) is 0.0714. The minimum Gasteiger partial charge on any atom is -0.459 e. The fourth-order valence-corrected chi connectivity index (χ4v) is 5.17. The standard InChI is InChI=1S/C28H20ClN5O4S/c29-25-9-8-21(39-25)14-31-26-12-23(32-34(26)28(36)24-7-4-10-37-24)19-11-22(18-5-2-1-3-6-18)27(35)33(15-19)16-20-13-30-17-38-20/h1-13,15,17,31H,14,16H2. The summed E-state index contributed by atoms with van der Waals surface area (Å²) in [6.07, 6.45) is 6.02. The van der Waals surface area contributed by atoms with Crippen molar-refractivity contribution in [2.75, 3.05) is 5.32 Å². The number of hydrogen-bond donors (Lipinski definition) is 1. The molecular formula is C28H20ClN5O4S. The number of pyridine rings is 1. The minimum atomic E-state index is -0.434. The number of hydrogen-bond acceptors (Lipinski definition) is 8. The zero-order valence-electron chi connectivity index (χ0n) is 20.3. The van der Waals surface area contributed by atoms with E-state index in [1.54, 1.807) is 41.2 Å². The van der Waals surface area contributed by atoms with Crippen molar-refractivity contribution in [1.82, 2.24) is 19.3 Å². The minimum absolute atomic E-state index is 0.145. The Bertz CT molecular complexity index is 1790. The fourth-order valence-electron chi connectivity index (χ4n) is 4.14. The van der Waals surface area contributed by atoms with Crippen molar-refractivity contribution in [3.05, 3.63) is 123 Å². The van der Waals surface area contributed by atoms with Crippen molar-refractivity contribution >= 4 is 34.7 Å². The van der Waals surface area contributed by atoms with Crippen LogP contribution in [0.25, 0.3) is 22.4 Å². The zero-order chi connectivity index (χ0) is 26.8. The molecule has 1 aromatic carbocycles. The molecule has 0 saturated heterocycles. The summed E-state index contributed by atoms with van der Waals surface area (Å²) < 4.78 is 14.2. The lowest BCUT2D eigenvalue weighted by Gasteiger charge is -2.10. The number of furan rings is 1. The lowest BCUT2D eigenvalue weighted by atomic mass is 10.0. The Morgan fingerprint density at radius 2 is 1.90 bits per heavy atom. The summed E-state index contributed by atoms with van der Waals surface area (Å²) in [5.74, 6) is 0.706. The average Bonchev–Trinajstić information content (AvgIpc) is 3.77. The van der Waals surface area contributed by atoms with Gasteiger partial charge in [-0.1, -0.05) is 41.9 Å². The van der Waals surface area contributed by atoms with Crippen LogP contribution in [0.3, 0.4) is 0 Å². The molecule has 6 rings (SSSR count). The van der Waals surface area contributed by atoms with E-state index < -0.39 is 5.91 Å². The number of benzene rings is 1. The summed E-state index contributed by atoms with van der Waals surface area (Å²) in [4.78, 5) is 31.7. The third-order valence-corrected chi connectivity index (χ3v) is 7.21. The molecule has 194 valence electrons.